The number of carbonyl (C=O) groups is 2. The minimum Gasteiger partial charge on any atom is -0.334 e. The first-order valence-corrected chi connectivity index (χ1v) is 10.4. The normalized spacial score (nSPS) is 21.0. The minimum atomic E-state index is -0.0298. The highest BCUT2D eigenvalue weighted by atomic mass is 35.5. The molecule has 2 aromatic rings. The van der Waals surface area contributed by atoms with Crippen molar-refractivity contribution in [2.75, 3.05) is 11.9 Å². The Morgan fingerprint density at radius 1 is 1.25 bits per heavy atom. The number of rotatable bonds is 3. The van der Waals surface area contributed by atoms with E-state index in [-0.39, 0.29) is 36.2 Å². The van der Waals surface area contributed by atoms with Gasteiger partial charge < -0.3 is 16.0 Å². The zero-order chi connectivity index (χ0) is 19.0. The lowest BCUT2D eigenvalue weighted by atomic mass is 10.0. The Morgan fingerprint density at radius 3 is 2.82 bits per heavy atom. The monoisotopic (exact) mass is 419 g/mol. The molecule has 0 bridgehead atoms. The zero-order valence-electron chi connectivity index (χ0n) is 15.9. The number of amides is 2. The second-order valence-electron chi connectivity index (χ2n) is 7.58. The van der Waals surface area contributed by atoms with Crippen molar-refractivity contribution in [1.82, 2.24) is 4.90 Å². The summed E-state index contributed by atoms with van der Waals surface area (Å²) < 4.78 is 0. The molecular weight excluding hydrogens is 394 g/mol. The summed E-state index contributed by atoms with van der Waals surface area (Å²) in [6, 6.07) is 7.79. The van der Waals surface area contributed by atoms with Crippen LogP contribution in [0.25, 0.3) is 0 Å². The maximum absolute atomic E-state index is 13.1. The average Bonchev–Trinajstić information content (AvgIpc) is 3.31. The van der Waals surface area contributed by atoms with Crippen LogP contribution in [0.3, 0.4) is 0 Å². The van der Waals surface area contributed by atoms with Crippen LogP contribution in [0.4, 0.5) is 5.69 Å². The number of anilines is 1. The molecule has 2 aliphatic rings. The van der Waals surface area contributed by atoms with Crippen LogP contribution in [0, 0.1) is 12.8 Å². The Bertz CT molecular complexity index is 882. The standard InChI is InChI=1S/C21H25N3O2S.ClH/c1-13-17(21(26)24-9-7-19-15(12-24)8-10-27-19)3-2-4-18(13)23-20(25)14-5-6-16(22)11-14;/h2-4,8,10,14,16H,5-7,9,11-12,22H2,1H3,(H,23,25);1H. The number of nitrogens with two attached hydrogens (primary N) is 1. The lowest BCUT2D eigenvalue weighted by Crippen LogP contribution is -2.35. The molecule has 1 aliphatic carbocycles. The molecule has 1 aromatic heterocycles. The third-order valence-electron chi connectivity index (χ3n) is 5.76. The number of nitrogens with one attached hydrogen (secondary N) is 1. The highest BCUT2D eigenvalue weighted by Crippen LogP contribution is 2.29. The topological polar surface area (TPSA) is 75.4 Å². The van der Waals surface area contributed by atoms with Gasteiger partial charge in [-0.3, -0.25) is 9.59 Å². The van der Waals surface area contributed by atoms with Crippen LogP contribution < -0.4 is 11.1 Å². The Hall–Kier alpha value is -1.89. The van der Waals surface area contributed by atoms with E-state index >= 15 is 0 Å². The number of fused-ring (bicyclic) bond motifs is 1. The van der Waals surface area contributed by atoms with Gasteiger partial charge in [-0.25, -0.2) is 0 Å². The molecule has 1 aliphatic heterocycles. The third-order valence-corrected chi connectivity index (χ3v) is 6.78. The fraction of sp³-hybridized carbons (Fsp3) is 0.429. The fourth-order valence-corrected chi connectivity index (χ4v) is 4.97. The Kier molecular flexibility index (Phi) is 6.43. The van der Waals surface area contributed by atoms with Crippen molar-refractivity contribution in [3.8, 4) is 0 Å². The molecule has 2 atom stereocenters. The average molecular weight is 420 g/mol. The molecule has 2 heterocycles. The SMILES string of the molecule is Cc1c(NC(=O)C2CCC(N)C2)cccc1C(=O)N1CCc2sccc2C1.Cl. The molecule has 28 heavy (non-hydrogen) atoms. The van der Waals surface area contributed by atoms with E-state index in [1.54, 1.807) is 11.3 Å². The number of benzene rings is 1. The predicted molar refractivity (Wildman–Crippen MR) is 115 cm³/mol. The number of carbonyl (C=O) groups excluding carboxylic acids is 2. The van der Waals surface area contributed by atoms with Crippen molar-refractivity contribution >= 4 is 41.2 Å². The van der Waals surface area contributed by atoms with E-state index in [1.807, 2.05) is 30.0 Å². The summed E-state index contributed by atoms with van der Waals surface area (Å²) >= 11 is 1.77. The van der Waals surface area contributed by atoms with Crippen LogP contribution in [-0.2, 0) is 17.8 Å². The second kappa shape index (κ2) is 8.64. The smallest absolute Gasteiger partial charge is 0.254 e. The van der Waals surface area contributed by atoms with E-state index in [0.717, 1.165) is 43.5 Å². The Balaban J connectivity index is 0.00000225. The quantitative estimate of drug-likeness (QED) is 0.795. The van der Waals surface area contributed by atoms with Gasteiger partial charge in [0.1, 0.15) is 0 Å². The van der Waals surface area contributed by atoms with Crippen LogP contribution in [0.15, 0.2) is 29.6 Å². The van der Waals surface area contributed by atoms with Gasteiger partial charge in [0.2, 0.25) is 5.91 Å². The summed E-state index contributed by atoms with van der Waals surface area (Å²) in [7, 11) is 0. The van der Waals surface area contributed by atoms with Crippen LogP contribution in [0.1, 0.15) is 45.6 Å². The molecule has 0 spiro atoms. The number of nitrogens with zero attached hydrogens (tertiary/aromatic N) is 1. The molecule has 2 amide bonds. The molecule has 7 heteroatoms. The lowest BCUT2D eigenvalue weighted by Gasteiger charge is -2.28. The molecule has 1 fully saturated rings. The Labute approximate surface area is 175 Å². The number of thiophene rings is 1. The molecule has 3 N–H and O–H groups in total. The van der Waals surface area contributed by atoms with E-state index in [1.165, 1.54) is 10.4 Å². The van der Waals surface area contributed by atoms with Crippen LogP contribution >= 0.6 is 23.7 Å². The molecular formula is C21H26ClN3O2S. The van der Waals surface area contributed by atoms with Crippen molar-refractivity contribution in [1.29, 1.82) is 0 Å². The van der Waals surface area contributed by atoms with Gasteiger partial charge in [0.25, 0.3) is 5.91 Å². The largest absolute Gasteiger partial charge is 0.334 e. The number of hydrogen-bond donors (Lipinski definition) is 2. The first-order chi connectivity index (χ1) is 13.0. The zero-order valence-corrected chi connectivity index (χ0v) is 17.6. The first kappa shape index (κ1) is 20.8. The number of hydrogen-bond acceptors (Lipinski definition) is 4. The van der Waals surface area contributed by atoms with E-state index < -0.39 is 0 Å². The van der Waals surface area contributed by atoms with Crippen molar-refractivity contribution in [3.05, 3.63) is 51.2 Å². The molecule has 0 radical (unpaired) electrons. The molecule has 0 saturated heterocycles. The molecule has 1 aromatic carbocycles. The minimum absolute atomic E-state index is 0. The van der Waals surface area contributed by atoms with Gasteiger partial charge in [0, 0.05) is 41.2 Å². The summed E-state index contributed by atoms with van der Waals surface area (Å²) in [4.78, 5) is 28.9. The maximum Gasteiger partial charge on any atom is 0.254 e. The molecule has 5 nitrogen and oxygen atoms in total. The van der Waals surface area contributed by atoms with E-state index in [9.17, 15) is 9.59 Å². The maximum atomic E-state index is 13.1. The Morgan fingerprint density at radius 2 is 2.07 bits per heavy atom. The van der Waals surface area contributed by atoms with Gasteiger partial charge >= 0.3 is 0 Å². The predicted octanol–water partition coefficient (Wildman–Crippen LogP) is 3.74. The fourth-order valence-electron chi connectivity index (χ4n) is 4.08. The van der Waals surface area contributed by atoms with Crippen molar-refractivity contribution in [2.45, 2.75) is 45.2 Å². The van der Waals surface area contributed by atoms with Crippen LogP contribution in [0.2, 0.25) is 0 Å². The second-order valence-corrected chi connectivity index (χ2v) is 8.58. The number of halogens is 1. The summed E-state index contributed by atoms with van der Waals surface area (Å²) in [6.07, 6.45) is 3.38. The summed E-state index contributed by atoms with van der Waals surface area (Å²) in [5.41, 5.74) is 9.39. The van der Waals surface area contributed by atoms with Crippen LogP contribution in [0.5, 0.6) is 0 Å². The van der Waals surface area contributed by atoms with Crippen molar-refractivity contribution < 1.29 is 9.59 Å². The van der Waals surface area contributed by atoms with Gasteiger partial charge in [0.15, 0.2) is 0 Å². The van der Waals surface area contributed by atoms with Crippen molar-refractivity contribution in [2.24, 2.45) is 11.7 Å². The van der Waals surface area contributed by atoms with Gasteiger partial charge in [-0.15, -0.1) is 23.7 Å². The van der Waals surface area contributed by atoms with Gasteiger partial charge in [-0.05, 0) is 67.3 Å². The van der Waals surface area contributed by atoms with Crippen molar-refractivity contribution in [3.63, 3.8) is 0 Å². The highest BCUT2D eigenvalue weighted by molar-refractivity contribution is 7.10. The third kappa shape index (κ3) is 4.09. The summed E-state index contributed by atoms with van der Waals surface area (Å²) in [5, 5.41) is 5.11. The molecule has 1 saturated carbocycles. The van der Waals surface area contributed by atoms with E-state index in [0.29, 0.717) is 12.1 Å². The van der Waals surface area contributed by atoms with E-state index in [2.05, 4.69) is 16.8 Å². The van der Waals surface area contributed by atoms with Gasteiger partial charge in [-0.2, -0.15) is 0 Å². The van der Waals surface area contributed by atoms with Gasteiger partial charge in [0.05, 0.1) is 0 Å². The molecule has 150 valence electrons. The molecule has 2 unspecified atom stereocenters. The highest BCUT2D eigenvalue weighted by Gasteiger charge is 2.29. The summed E-state index contributed by atoms with van der Waals surface area (Å²) in [5.74, 6) is 0.0118. The lowest BCUT2D eigenvalue weighted by molar-refractivity contribution is -0.119. The van der Waals surface area contributed by atoms with E-state index in [4.69, 9.17) is 5.73 Å². The van der Waals surface area contributed by atoms with Crippen LogP contribution in [-0.4, -0.2) is 29.3 Å². The summed E-state index contributed by atoms with van der Waals surface area (Å²) in [6.45, 7) is 3.30. The first-order valence-electron chi connectivity index (χ1n) is 9.53. The van der Waals surface area contributed by atoms with Gasteiger partial charge in [-0.1, -0.05) is 6.07 Å². The molecule has 4 rings (SSSR count).